The second-order valence-electron chi connectivity index (χ2n) is 5.17. The van der Waals surface area contributed by atoms with Crippen LogP contribution >= 0.6 is 0 Å². The Balaban J connectivity index is 1.91. The first-order valence-corrected chi connectivity index (χ1v) is 7.00. The molecule has 1 aromatic carbocycles. The van der Waals surface area contributed by atoms with Crippen molar-refractivity contribution < 1.29 is 9.21 Å². The first-order valence-electron chi connectivity index (χ1n) is 7.00. The van der Waals surface area contributed by atoms with Crippen LogP contribution in [-0.2, 0) is 6.42 Å². The fraction of sp³-hybridized carbons (Fsp3) is 0.312. The van der Waals surface area contributed by atoms with Gasteiger partial charge in [-0.1, -0.05) is 0 Å². The maximum Gasteiger partial charge on any atom is 0.251 e. The number of hydrazine groups is 1. The molecule has 112 valence electrons. The third-order valence-electron chi connectivity index (χ3n) is 3.42. The van der Waals surface area contributed by atoms with Gasteiger partial charge in [0.15, 0.2) is 0 Å². The number of benzene rings is 1. The lowest BCUT2D eigenvalue weighted by Gasteiger charge is -2.15. The number of hydrogen-bond donors (Lipinski definition) is 3. The summed E-state index contributed by atoms with van der Waals surface area (Å²) in [5.41, 5.74) is 4.91. The SMILES string of the molecule is Cc1cc(NN)ccc1C(=O)NC(C)CCc1ccco1. The van der Waals surface area contributed by atoms with E-state index in [1.165, 1.54) is 0 Å². The molecule has 0 spiro atoms. The number of anilines is 1. The Morgan fingerprint density at radius 2 is 2.19 bits per heavy atom. The van der Waals surface area contributed by atoms with Crippen molar-refractivity contribution >= 4 is 11.6 Å². The van der Waals surface area contributed by atoms with E-state index in [1.54, 1.807) is 18.4 Å². The van der Waals surface area contributed by atoms with E-state index in [1.807, 2.05) is 32.0 Å². The van der Waals surface area contributed by atoms with E-state index < -0.39 is 0 Å². The molecule has 4 N–H and O–H groups in total. The Morgan fingerprint density at radius 1 is 1.38 bits per heavy atom. The van der Waals surface area contributed by atoms with Gasteiger partial charge in [-0.3, -0.25) is 10.6 Å². The molecule has 1 atom stereocenters. The lowest BCUT2D eigenvalue weighted by Crippen LogP contribution is -2.33. The van der Waals surface area contributed by atoms with Gasteiger partial charge in [-0.05, 0) is 56.2 Å². The largest absolute Gasteiger partial charge is 0.469 e. The molecule has 2 aromatic rings. The van der Waals surface area contributed by atoms with E-state index in [4.69, 9.17) is 10.3 Å². The third kappa shape index (κ3) is 4.10. The monoisotopic (exact) mass is 287 g/mol. The van der Waals surface area contributed by atoms with Crippen LogP contribution in [0.15, 0.2) is 41.0 Å². The topological polar surface area (TPSA) is 80.3 Å². The lowest BCUT2D eigenvalue weighted by molar-refractivity contribution is 0.0937. The molecule has 1 amide bonds. The second kappa shape index (κ2) is 6.95. The fourth-order valence-electron chi connectivity index (χ4n) is 2.20. The fourth-order valence-corrected chi connectivity index (χ4v) is 2.20. The predicted molar refractivity (Wildman–Crippen MR) is 82.9 cm³/mol. The Hall–Kier alpha value is -2.27. The average Bonchev–Trinajstić information content (AvgIpc) is 2.98. The number of furan rings is 1. The number of hydrogen-bond acceptors (Lipinski definition) is 4. The van der Waals surface area contributed by atoms with Gasteiger partial charge in [0, 0.05) is 23.7 Å². The number of carbonyl (C=O) groups excluding carboxylic acids is 1. The van der Waals surface area contributed by atoms with Crippen molar-refractivity contribution in [1.82, 2.24) is 5.32 Å². The minimum Gasteiger partial charge on any atom is -0.469 e. The summed E-state index contributed by atoms with van der Waals surface area (Å²) in [6.07, 6.45) is 3.30. The molecule has 1 heterocycles. The average molecular weight is 287 g/mol. The standard InChI is InChI=1S/C16H21N3O2/c1-11-10-13(19-17)6-8-15(11)16(20)18-12(2)5-7-14-4-3-9-21-14/h3-4,6,8-10,12,19H,5,7,17H2,1-2H3,(H,18,20). The van der Waals surface area contributed by atoms with Crippen molar-refractivity contribution in [3.05, 3.63) is 53.5 Å². The normalized spacial score (nSPS) is 12.0. The highest BCUT2D eigenvalue weighted by molar-refractivity contribution is 5.96. The number of nitrogen functional groups attached to an aromatic ring is 1. The Kier molecular flexibility index (Phi) is 5.00. The van der Waals surface area contributed by atoms with Crippen LogP contribution in [0, 0.1) is 6.92 Å². The predicted octanol–water partition coefficient (Wildman–Crippen LogP) is 2.62. The zero-order valence-corrected chi connectivity index (χ0v) is 12.3. The Labute approximate surface area is 124 Å². The molecule has 5 nitrogen and oxygen atoms in total. The zero-order valence-electron chi connectivity index (χ0n) is 12.3. The summed E-state index contributed by atoms with van der Waals surface area (Å²) < 4.78 is 5.29. The Bertz CT molecular complexity index is 594. The van der Waals surface area contributed by atoms with Crippen LogP contribution in [0.1, 0.15) is 35.0 Å². The first kappa shape index (κ1) is 15.1. The van der Waals surface area contributed by atoms with Crippen molar-refractivity contribution in [2.24, 2.45) is 5.84 Å². The number of amides is 1. The lowest BCUT2D eigenvalue weighted by atomic mass is 10.1. The summed E-state index contributed by atoms with van der Waals surface area (Å²) in [6.45, 7) is 3.88. The molecule has 21 heavy (non-hydrogen) atoms. The van der Waals surface area contributed by atoms with Gasteiger partial charge in [-0.15, -0.1) is 0 Å². The van der Waals surface area contributed by atoms with E-state index in [0.29, 0.717) is 5.56 Å². The van der Waals surface area contributed by atoms with Crippen molar-refractivity contribution in [2.45, 2.75) is 32.7 Å². The molecule has 0 aliphatic rings. The third-order valence-corrected chi connectivity index (χ3v) is 3.42. The van der Waals surface area contributed by atoms with Crippen LogP contribution in [0.5, 0.6) is 0 Å². The van der Waals surface area contributed by atoms with E-state index in [9.17, 15) is 4.79 Å². The summed E-state index contributed by atoms with van der Waals surface area (Å²) >= 11 is 0. The molecule has 2 rings (SSSR count). The Morgan fingerprint density at radius 3 is 2.81 bits per heavy atom. The maximum atomic E-state index is 12.3. The minimum atomic E-state index is -0.0667. The van der Waals surface area contributed by atoms with Crippen LogP contribution < -0.4 is 16.6 Å². The van der Waals surface area contributed by atoms with Gasteiger partial charge in [0.1, 0.15) is 5.76 Å². The zero-order chi connectivity index (χ0) is 15.2. The van der Waals surface area contributed by atoms with Crippen LogP contribution in [0.3, 0.4) is 0 Å². The number of carbonyl (C=O) groups is 1. The molecule has 0 aliphatic carbocycles. The second-order valence-corrected chi connectivity index (χ2v) is 5.17. The van der Waals surface area contributed by atoms with Crippen LogP contribution in [0.2, 0.25) is 0 Å². The molecule has 0 fully saturated rings. The summed E-state index contributed by atoms with van der Waals surface area (Å²) in [6, 6.07) is 9.30. The van der Waals surface area contributed by atoms with Crippen LogP contribution in [0.4, 0.5) is 5.69 Å². The van der Waals surface area contributed by atoms with E-state index in [2.05, 4.69) is 10.7 Å². The molecular formula is C16H21N3O2. The molecule has 5 heteroatoms. The molecule has 0 aliphatic heterocycles. The smallest absolute Gasteiger partial charge is 0.251 e. The van der Waals surface area contributed by atoms with Gasteiger partial charge in [-0.25, -0.2) is 0 Å². The molecule has 1 unspecified atom stereocenters. The van der Waals surface area contributed by atoms with Crippen molar-refractivity contribution in [2.75, 3.05) is 5.43 Å². The summed E-state index contributed by atoms with van der Waals surface area (Å²) in [5, 5.41) is 3.00. The van der Waals surface area contributed by atoms with Gasteiger partial charge in [0.05, 0.1) is 6.26 Å². The van der Waals surface area contributed by atoms with Gasteiger partial charge >= 0.3 is 0 Å². The van der Waals surface area contributed by atoms with Gasteiger partial charge in [0.2, 0.25) is 0 Å². The number of rotatable bonds is 6. The van der Waals surface area contributed by atoms with E-state index in [0.717, 1.165) is 29.9 Å². The molecule has 0 saturated carbocycles. The van der Waals surface area contributed by atoms with Crippen molar-refractivity contribution in [3.8, 4) is 0 Å². The van der Waals surface area contributed by atoms with Gasteiger partial charge in [-0.2, -0.15) is 0 Å². The highest BCUT2D eigenvalue weighted by Crippen LogP contribution is 2.15. The van der Waals surface area contributed by atoms with Crippen LogP contribution in [0.25, 0.3) is 0 Å². The van der Waals surface area contributed by atoms with Gasteiger partial charge in [0.25, 0.3) is 5.91 Å². The molecule has 0 saturated heterocycles. The number of nitrogens with two attached hydrogens (primary N) is 1. The first-order chi connectivity index (χ1) is 10.1. The number of aryl methyl sites for hydroxylation is 2. The summed E-state index contributed by atoms with van der Waals surface area (Å²) in [7, 11) is 0. The minimum absolute atomic E-state index is 0.0667. The van der Waals surface area contributed by atoms with Gasteiger partial charge < -0.3 is 15.2 Å². The molecule has 0 bridgehead atoms. The quantitative estimate of drug-likeness (QED) is 0.563. The highest BCUT2D eigenvalue weighted by Gasteiger charge is 2.12. The molecular weight excluding hydrogens is 266 g/mol. The van der Waals surface area contributed by atoms with Crippen LogP contribution in [-0.4, -0.2) is 11.9 Å². The van der Waals surface area contributed by atoms with E-state index in [-0.39, 0.29) is 11.9 Å². The maximum absolute atomic E-state index is 12.3. The summed E-state index contributed by atoms with van der Waals surface area (Å²) in [5.74, 6) is 6.22. The van der Waals surface area contributed by atoms with E-state index >= 15 is 0 Å². The molecule has 1 aromatic heterocycles. The highest BCUT2D eigenvalue weighted by atomic mass is 16.3. The van der Waals surface area contributed by atoms with Crippen molar-refractivity contribution in [3.63, 3.8) is 0 Å². The molecule has 0 radical (unpaired) electrons. The summed E-state index contributed by atoms with van der Waals surface area (Å²) in [4.78, 5) is 12.3. The van der Waals surface area contributed by atoms with Crippen molar-refractivity contribution in [1.29, 1.82) is 0 Å². The number of nitrogens with one attached hydrogen (secondary N) is 2.